The molecule has 1 fully saturated rings. The third-order valence-electron chi connectivity index (χ3n) is 2.74. The van der Waals surface area contributed by atoms with E-state index < -0.39 is 0 Å². The number of Topliss-reactive ketones (excluding diaryl/α,β-unsaturated/α-hetero) is 1. The normalized spacial score (nSPS) is 17.9. The highest BCUT2D eigenvalue weighted by Gasteiger charge is 2.21. The van der Waals surface area contributed by atoms with Gasteiger partial charge in [0.2, 0.25) is 0 Å². The van der Waals surface area contributed by atoms with E-state index in [1.807, 2.05) is 0 Å². The van der Waals surface area contributed by atoms with E-state index >= 15 is 0 Å². The number of aromatic nitrogens is 2. The van der Waals surface area contributed by atoms with Crippen molar-refractivity contribution in [3.63, 3.8) is 0 Å². The van der Waals surface area contributed by atoms with Crippen LogP contribution in [0.15, 0.2) is 10.7 Å². The number of thioether (sulfide) groups is 1. The highest BCUT2D eigenvalue weighted by Crippen LogP contribution is 2.27. The fourth-order valence-electron chi connectivity index (χ4n) is 1.90. The van der Waals surface area contributed by atoms with Crippen molar-refractivity contribution >= 4 is 29.1 Å². The molecule has 5 heteroatoms. The summed E-state index contributed by atoms with van der Waals surface area (Å²) >= 11 is 2.89. The van der Waals surface area contributed by atoms with E-state index in [0.29, 0.717) is 17.5 Å². The van der Waals surface area contributed by atoms with E-state index in [1.54, 1.807) is 0 Å². The number of hydrogen-bond donors (Lipinski definition) is 0. The summed E-state index contributed by atoms with van der Waals surface area (Å²) in [5.74, 6) is 1.29. The Morgan fingerprint density at radius 3 is 2.93 bits per heavy atom. The van der Waals surface area contributed by atoms with Gasteiger partial charge in [-0.25, -0.2) is 4.98 Å². The summed E-state index contributed by atoms with van der Waals surface area (Å²) in [4.78, 5) is 15.9. The summed E-state index contributed by atoms with van der Waals surface area (Å²) in [6.45, 7) is 0. The summed E-state index contributed by atoms with van der Waals surface area (Å²) in [6.07, 6.45) is 7.47. The second-order valence-electron chi connectivity index (χ2n) is 3.80. The number of carbonyl (C=O) groups excluding carboxylic acids is 1. The molecule has 0 aromatic carbocycles. The molecular formula is C10H14N2OS2. The van der Waals surface area contributed by atoms with Crippen molar-refractivity contribution < 1.29 is 4.79 Å². The molecule has 3 nitrogen and oxygen atoms in total. The summed E-state index contributed by atoms with van der Waals surface area (Å²) in [5.41, 5.74) is 0. The van der Waals surface area contributed by atoms with Crippen molar-refractivity contribution in [1.29, 1.82) is 0 Å². The topological polar surface area (TPSA) is 42.9 Å². The van der Waals surface area contributed by atoms with Crippen LogP contribution in [0.5, 0.6) is 0 Å². The zero-order valence-corrected chi connectivity index (χ0v) is 10.1. The molecule has 0 unspecified atom stereocenters. The molecule has 1 aromatic rings. The molecule has 15 heavy (non-hydrogen) atoms. The van der Waals surface area contributed by atoms with Crippen LogP contribution in [0.1, 0.15) is 32.1 Å². The van der Waals surface area contributed by atoms with Crippen LogP contribution < -0.4 is 0 Å². The van der Waals surface area contributed by atoms with Crippen molar-refractivity contribution in [2.24, 2.45) is 5.92 Å². The first-order valence-electron chi connectivity index (χ1n) is 5.28. The Hall–Kier alpha value is -0.420. The summed E-state index contributed by atoms with van der Waals surface area (Å²) in [5, 5.41) is 0. The van der Waals surface area contributed by atoms with E-state index in [4.69, 9.17) is 0 Å². The van der Waals surface area contributed by atoms with Gasteiger partial charge < -0.3 is 0 Å². The summed E-state index contributed by atoms with van der Waals surface area (Å²) < 4.78 is 4.81. The van der Waals surface area contributed by atoms with Crippen LogP contribution in [0.2, 0.25) is 0 Å². The Morgan fingerprint density at radius 2 is 2.27 bits per heavy atom. The van der Waals surface area contributed by atoms with Gasteiger partial charge >= 0.3 is 0 Å². The van der Waals surface area contributed by atoms with Gasteiger partial charge in [-0.05, 0) is 24.4 Å². The minimum absolute atomic E-state index is 0.319. The van der Waals surface area contributed by atoms with E-state index in [2.05, 4.69) is 9.36 Å². The highest BCUT2D eigenvalue weighted by molar-refractivity contribution is 8.01. The molecule has 1 aliphatic rings. The van der Waals surface area contributed by atoms with Crippen LogP contribution in [0.25, 0.3) is 0 Å². The molecule has 0 N–H and O–H groups in total. The zero-order chi connectivity index (χ0) is 10.5. The smallest absolute Gasteiger partial charge is 0.170 e. The molecule has 0 spiro atoms. The number of nitrogens with zero attached hydrogens (tertiary/aromatic N) is 2. The molecule has 2 rings (SSSR count). The van der Waals surface area contributed by atoms with Crippen LogP contribution in [0.3, 0.4) is 0 Å². The van der Waals surface area contributed by atoms with E-state index in [9.17, 15) is 4.79 Å². The van der Waals surface area contributed by atoms with Gasteiger partial charge in [0.25, 0.3) is 0 Å². The van der Waals surface area contributed by atoms with Gasteiger partial charge in [0, 0.05) is 5.92 Å². The highest BCUT2D eigenvalue weighted by atomic mass is 32.2. The van der Waals surface area contributed by atoms with Crippen molar-refractivity contribution in [2.45, 2.75) is 36.4 Å². The third-order valence-corrected chi connectivity index (χ3v) is 4.56. The maximum atomic E-state index is 11.8. The van der Waals surface area contributed by atoms with Crippen molar-refractivity contribution in [2.75, 3.05) is 5.75 Å². The lowest BCUT2D eigenvalue weighted by molar-refractivity contribution is -0.121. The molecule has 82 valence electrons. The molecule has 1 aliphatic carbocycles. The Kier molecular flexibility index (Phi) is 4.14. The first kappa shape index (κ1) is 11.1. The molecule has 0 aliphatic heterocycles. The number of carbonyl (C=O) groups is 1. The average molecular weight is 242 g/mol. The summed E-state index contributed by atoms with van der Waals surface area (Å²) in [7, 11) is 0. The predicted molar refractivity (Wildman–Crippen MR) is 62.2 cm³/mol. The Balaban J connectivity index is 1.76. The lowest BCUT2D eigenvalue weighted by atomic mass is 9.87. The van der Waals surface area contributed by atoms with Crippen LogP contribution in [-0.2, 0) is 4.79 Å². The lowest BCUT2D eigenvalue weighted by Gasteiger charge is -2.19. The van der Waals surface area contributed by atoms with Crippen LogP contribution in [0, 0.1) is 5.92 Å². The Bertz CT molecular complexity index is 307. The number of ketones is 1. The van der Waals surface area contributed by atoms with Gasteiger partial charge in [-0.2, -0.15) is 4.37 Å². The Morgan fingerprint density at radius 1 is 1.47 bits per heavy atom. The lowest BCUT2D eigenvalue weighted by Crippen LogP contribution is -2.19. The Labute approximate surface area is 97.9 Å². The van der Waals surface area contributed by atoms with Crippen molar-refractivity contribution in [3.8, 4) is 0 Å². The van der Waals surface area contributed by atoms with Crippen molar-refractivity contribution in [3.05, 3.63) is 6.33 Å². The molecule has 1 heterocycles. The van der Waals surface area contributed by atoms with Crippen LogP contribution in [-0.4, -0.2) is 20.9 Å². The molecule has 0 atom stereocenters. The van der Waals surface area contributed by atoms with E-state index in [1.165, 1.54) is 48.9 Å². The fourth-order valence-corrected chi connectivity index (χ4v) is 3.32. The largest absolute Gasteiger partial charge is 0.298 e. The van der Waals surface area contributed by atoms with Gasteiger partial charge in [-0.15, -0.1) is 0 Å². The summed E-state index contributed by atoms with van der Waals surface area (Å²) in [6, 6.07) is 0. The molecule has 0 saturated heterocycles. The minimum Gasteiger partial charge on any atom is -0.298 e. The minimum atomic E-state index is 0.319. The maximum Gasteiger partial charge on any atom is 0.170 e. The molecule has 0 radical (unpaired) electrons. The molecular weight excluding hydrogens is 228 g/mol. The zero-order valence-electron chi connectivity index (χ0n) is 8.52. The van der Waals surface area contributed by atoms with Gasteiger partial charge in [-0.3, -0.25) is 4.79 Å². The van der Waals surface area contributed by atoms with Crippen LogP contribution >= 0.6 is 23.3 Å². The standard InChI is InChI=1S/C10H14N2OS2/c13-9(8-4-2-1-3-5-8)6-14-10-11-7-12-15-10/h7-8H,1-6H2. The molecule has 1 saturated carbocycles. The second-order valence-corrected chi connectivity index (χ2v) is 5.80. The maximum absolute atomic E-state index is 11.8. The average Bonchev–Trinajstić information content (AvgIpc) is 2.80. The quantitative estimate of drug-likeness (QED) is 0.761. The first-order valence-corrected chi connectivity index (χ1v) is 7.04. The predicted octanol–water partition coefficient (Wildman–Crippen LogP) is 2.78. The number of rotatable bonds is 4. The first-order chi connectivity index (χ1) is 7.36. The third kappa shape index (κ3) is 3.28. The van der Waals surface area contributed by atoms with Gasteiger partial charge in [-0.1, -0.05) is 31.0 Å². The van der Waals surface area contributed by atoms with Crippen molar-refractivity contribution in [1.82, 2.24) is 9.36 Å². The number of hydrogen-bond acceptors (Lipinski definition) is 5. The second kappa shape index (κ2) is 5.61. The van der Waals surface area contributed by atoms with Gasteiger partial charge in [0.15, 0.2) is 4.34 Å². The SMILES string of the molecule is O=C(CSc1ncns1)C1CCCCC1. The van der Waals surface area contributed by atoms with E-state index in [0.717, 1.165) is 17.2 Å². The van der Waals surface area contributed by atoms with E-state index in [-0.39, 0.29) is 0 Å². The fraction of sp³-hybridized carbons (Fsp3) is 0.700. The van der Waals surface area contributed by atoms with Gasteiger partial charge in [0.1, 0.15) is 12.1 Å². The van der Waals surface area contributed by atoms with Gasteiger partial charge in [0.05, 0.1) is 5.75 Å². The monoisotopic (exact) mass is 242 g/mol. The molecule has 0 bridgehead atoms. The van der Waals surface area contributed by atoms with Crippen LogP contribution in [0.4, 0.5) is 0 Å². The molecule has 1 aromatic heterocycles. The molecule has 0 amide bonds.